The average Bonchev–Trinajstić information content (AvgIpc) is 2.62. The Hall–Kier alpha value is -0.300. The van der Waals surface area contributed by atoms with Crippen molar-refractivity contribution < 1.29 is 8.78 Å². The van der Waals surface area contributed by atoms with Gasteiger partial charge in [-0.05, 0) is 62.0 Å². The molecule has 0 amide bonds. The largest absolute Gasteiger partial charge is 0.320 e. The summed E-state index contributed by atoms with van der Waals surface area (Å²) in [5.41, 5.74) is 7.49. The Labute approximate surface area is 124 Å². The van der Waals surface area contributed by atoms with Crippen LogP contribution < -0.4 is 5.73 Å². The molecule has 0 fully saturated rings. The quantitative estimate of drug-likeness (QED) is 0.766. The normalized spacial score (nSPS) is 12.8. The summed E-state index contributed by atoms with van der Waals surface area (Å²) in [6.07, 6.45) is 0. The van der Waals surface area contributed by atoms with Gasteiger partial charge in [0, 0.05) is 11.6 Å². The molecule has 1 atom stereocenters. The van der Waals surface area contributed by atoms with Gasteiger partial charge in [-0.3, -0.25) is 0 Å². The smallest absolute Gasteiger partial charge is 0.131 e. The van der Waals surface area contributed by atoms with Crippen molar-refractivity contribution in [3.8, 4) is 0 Å². The fourth-order valence-electron chi connectivity index (χ4n) is 1.65. The van der Waals surface area contributed by atoms with Gasteiger partial charge in [0.25, 0.3) is 0 Å². The van der Waals surface area contributed by atoms with Crippen molar-refractivity contribution in [1.82, 2.24) is 0 Å². The molecule has 0 saturated carbocycles. The van der Waals surface area contributed by atoms with E-state index in [0.29, 0.717) is 11.1 Å². The number of hydrogen-bond acceptors (Lipinski definition) is 2. The van der Waals surface area contributed by atoms with Gasteiger partial charge in [-0.25, -0.2) is 8.78 Å². The van der Waals surface area contributed by atoms with E-state index in [9.17, 15) is 8.78 Å². The number of aryl methyl sites for hydroxylation is 1. The lowest BCUT2D eigenvalue weighted by atomic mass is 9.99. The number of halogens is 4. The average molecular weight is 397 g/mol. The zero-order chi connectivity index (χ0) is 13.4. The van der Waals surface area contributed by atoms with Crippen LogP contribution in [0.2, 0.25) is 0 Å². The lowest BCUT2D eigenvalue weighted by molar-refractivity contribution is 0.561. The maximum Gasteiger partial charge on any atom is 0.131 e. The molecular formula is C12H9Br2F2NS. The van der Waals surface area contributed by atoms with Gasteiger partial charge in [0.2, 0.25) is 0 Å². The number of benzene rings is 1. The summed E-state index contributed by atoms with van der Waals surface area (Å²) in [6.45, 7) is 1.59. The third kappa shape index (κ3) is 2.66. The summed E-state index contributed by atoms with van der Waals surface area (Å²) >= 11 is 8.19. The molecule has 1 unspecified atom stereocenters. The topological polar surface area (TPSA) is 26.0 Å². The molecule has 0 aliphatic carbocycles. The van der Waals surface area contributed by atoms with Crippen LogP contribution in [0.3, 0.4) is 0 Å². The minimum atomic E-state index is -0.625. The van der Waals surface area contributed by atoms with Crippen molar-refractivity contribution >= 4 is 43.2 Å². The first-order valence-electron chi connectivity index (χ1n) is 5.06. The molecule has 2 rings (SSSR count). The summed E-state index contributed by atoms with van der Waals surface area (Å²) in [4.78, 5) is 0. The molecule has 0 saturated heterocycles. The number of nitrogens with two attached hydrogens (primary N) is 1. The van der Waals surface area contributed by atoms with E-state index < -0.39 is 17.7 Å². The number of thiophene rings is 1. The van der Waals surface area contributed by atoms with Gasteiger partial charge in [-0.2, -0.15) is 0 Å². The van der Waals surface area contributed by atoms with Crippen LogP contribution in [0.5, 0.6) is 0 Å². The summed E-state index contributed by atoms with van der Waals surface area (Å²) in [7, 11) is 0. The minimum absolute atomic E-state index is 0.292. The minimum Gasteiger partial charge on any atom is -0.320 e. The molecule has 1 nitrogen and oxygen atoms in total. The van der Waals surface area contributed by atoms with Crippen molar-refractivity contribution in [2.45, 2.75) is 13.0 Å². The Bertz CT molecular complexity index is 598. The predicted molar refractivity (Wildman–Crippen MR) is 76.8 cm³/mol. The third-order valence-electron chi connectivity index (χ3n) is 2.63. The van der Waals surface area contributed by atoms with Gasteiger partial charge in [0.1, 0.15) is 11.6 Å². The Kier molecular flexibility index (Phi) is 4.21. The van der Waals surface area contributed by atoms with E-state index in [-0.39, 0.29) is 0 Å². The van der Waals surface area contributed by atoms with Gasteiger partial charge in [-0.1, -0.05) is 0 Å². The molecule has 96 valence electrons. The lowest BCUT2D eigenvalue weighted by Crippen LogP contribution is -2.14. The van der Waals surface area contributed by atoms with Crippen molar-refractivity contribution in [1.29, 1.82) is 0 Å². The molecule has 0 bridgehead atoms. The van der Waals surface area contributed by atoms with Gasteiger partial charge in [0.15, 0.2) is 0 Å². The van der Waals surface area contributed by atoms with Crippen LogP contribution in [0.15, 0.2) is 25.8 Å². The van der Waals surface area contributed by atoms with Crippen molar-refractivity contribution in [3.05, 3.63) is 54.1 Å². The third-order valence-corrected chi connectivity index (χ3v) is 5.02. The molecule has 18 heavy (non-hydrogen) atoms. The second-order valence-electron chi connectivity index (χ2n) is 3.88. The van der Waals surface area contributed by atoms with Crippen LogP contribution >= 0.6 is 43.2 Å². The molecule has 1 heterocycles. The van der Waals surface area contributed by atoms with Gasteiger partial charge < -0.3 is 5.73 Å². The zero-order valence-corrected chi connectivity index (χ0v) is 13.3. The molecule has 1 aromatic carbocycles. The molecule has 0 radical (unpaired) electrons. The summed E-state index contributed by atoms with van der Waals surface area (Å²) < 4.78 is 28.7. The molecule has 0 aliphatic rings. The SMILES string of the molecule is Cc1cc(C(N)c2cc(Br)sc2Br)c(F)cc1F. The van der Waals surface area contributed by atoms with E-state index in [2.05, 4.69) is 31.9 Å². The maximum atomic E-state index is 13.8. The van der Waals surface area contributed by atoms with Crippen LogP contribution in [0.25, 0.3) is 0 Å². The highest BCUT2D eigenvalue weighted by atomic mass is 79.9. The van der Waals surface area contributed by atoms with E-state index in [1.807, 2.05) is 6.07 Å². The Morgan fingerprint density at radius 2 is 1.78 bits per heavy atom. The van der Waals surface area contributed by atoms with Crippen LogP contribution in [0.4, 0.5) is 8.78 Å². The summed E-state index contributed by atoms with van der Waals surface area (Å²) in [6, 6.07) is 3.53. The lowest BCUT2D eigenvalue weighted by Gasteiger charge is -2.13. The first-order chi connectivity index (χ1) is 8.40. The zero-order valence-electron chi connectivity index (χ0n) is 9.31. The summed E-state index contributed by atoms with van der Waals surface area (Å²) in [5, 5.41) is 0. The molecule has 0 aliphatic heterocycles. The van der Waals surface area contributed by atoms with Gasteiger partial charge in [0.05, 0.1) is 13.6 Å². The van der Waals surface area contributed by atoms with Crippen LogP contribution in [-0.2, 0) is 0 Å². The highest BCUT2D eigenvalue weighted by Gasteiger charge is 2.19. The van der Waals surface area contributed by atoms with E-state index in [4.69, 9.17) is 5.73 Å². The second-order valence-corrected chi connectivity index (χ2v) is 7.63. The molecule has 1 aromatic heterocycles. The highest BCUT2D eigenvalue weighted by molar-refractivity contribution is 9.12. The molecule has 6 heteroatoms. The first-order valence-corrected chi connectivity index (χ1v) is 7.46. The van der Waals surface area contributed by atoms with Crippen LogP contribution in [0, 0.1) is 18.6 Å². The molecule has 2 N–H and O–H groups in total. The molecule has 0 spiro atoms. The van der Waals surface area contributed by atoms with Crippen molar-refractivity contribution in [2.24, 2.45) is 5.73 Å². The second kappa shape index (κ2) is 5.36. The standard InChI is InChI=1S/C12H9Br2F2NS/c1-5-2-6(9(16)4-8(5)15)11(17)7-3-10(13)18-12(7)14/h2-4,11H,17H2,1H3. The van der Waals surface area contributed by atoms with Crippen LogP contribution in [0.1, 0.15) is 22.7 Å². The van der Waals surface area contributed by atoms with Crippen LogP contribution in [-0.4, -0.2) is 0 Å². The monoisotopic (exact) mass is 395 g/mol. The van der Waals surface area contributed by atoms with E-state index >= 15 is 0 Å². The van der Waals surface area contributed by atoms with E-state index in [0.717, 1.165) is 19.2 Å². The van der Waals surface area contributed by atoms with Crippen molar-refractivity contribution in [2.75, 3.05) is 0 Å². The maximum absolute atomic E-state index is 13.8. The Morgan fingerprint density at radius 3 is 2.33 bits per heavy atom. The van der Waals surface area contributed by atoms with Gasteiger partial charge >= 0.3 is 0 Å². The fraction of sp³-hybridized carbons (Fsp3) is 0.167. The predicted octanol–water partition coefficient (Wildman–Crippen LogP) is 4.91. The molecule has 2 aromatic rings. The summed E-state index contributed by atoms with van der Waals surface area (Å²) in [5.74, 6) is -1.19. The number of rotatable bonds is 2. The highest BCUT2D eigenvalue weighted by Crippen LogP contribution is 2.37. The first kappa shape index (κ1) is 14.1. The van der Waals surface area contributed by atoms with Crippen molar-refractivity contribution in [3.63, 3.8) is 0 Å². The Morgan fingerprint density at radius 1 is 1.11 bits per heavy atom. The van der Waals surface area contributed by atoms with Gasteiger partial charge in [-0.15, -0.1) is 11.3 Å². The fourth-order valence-corrected chi connectivity index (χ4v) is 4.58. The Balaban J connectivity index is 2.49. The molecular weight excluding hydrogens is 388 g/mol. The number of hydrogen-bond donors (Lipinski definition) is 1. The van der Waals surface area contributed by atoms with E-state index in [1.165, 1.54) is 17.4 Å². The van der Waals surface area contributed by atoms with E-state index in [1.54, 1.807) is 6.92 Å².